The van der Waals surface area contributed by atoms with Gasteiger partial charge in [-0.15, -0.1) is 10.2 Å². The summed E-state index contributed by atoms with van der Waals surface area (Å²) in [5.41, 5.74) is -1.46. The summed E-state index contributed by atoms with van der Waals surface area (Å²) in [6, 6.07) is 2.66. The number of carbonyl (C=O) groups excluding carboxylic acids is 1. The number of rotatable bonds is 5. The molecule has 200 valence electrons. The van der Waals surface area contributed by atoms with Crippen molar-refractivity contribution in [2.45, 2.75) is 69.1 Å². The molecule has 7 rings (SSSR count). The molecule has 12 heteroatoms. The Bertz CT molecular complexity index is 1110. The Labute approximate surface area is 213 Å². The maximum atomic E-state index is 13.6. The van der Waals surface area contributed by atoms with Crippen molar-refractivity contribution in [3.05, 3.63) is 29.7 Å². The minimum absolute atomic E-state index is 0.0110. The molecule has 0 spiro atoms. The van der Waals surface area contributed by atoms with Gasteiger partial charge in [0.05, 0.1) is 11.1 Å². The Morgan fingerprint density at radius 3 is 2.35 bits per heavy atom. The van der Waals surface area contributed by atoms with Crippen LogP contribution in [0.5, 0.6) is 0 Å². The first-order valence-electron chi connectivity index (χ1n) is 13.1. The average molecular weight is 519 g/mol. The molecule has 4 aliphatic carbocycles. The summed E-state index contributed by atoms with van der Waals surface area (Å²) < 4.78 is 38.6. The molecule has 5 fully saturated rings. The fraction of sp³-hybridized carbons (Fsp3) is 0.720. The Balaban J connectivity index is 1.08. The summed E-state index contributed by atoms with van der Waals surface area (Å²) in [6.45, 7) is 6.38. The number of nitrogens with one attached hydrogen (secondary N) is 2. The highest BCUT2D eigenvalue weighted by atomic mass is 19.4. The van der Waals surface area contributed by atoms with Gasteiger partial charge in [-0.25, -0.2) is 4.98 Å². The molecule has 4 saturated carbocycles. The summed E-state index contributed by atoms with van der Waals surface area (Å²) in [5, 5.41) is 18.5. The van der Waals surface area contributed by atoms with E-state index in [0.29, 0.717) is 49.8 Å². The molecular weight excluding hydrogens is 485 g/mol. The quantitative estimate of drug-likeness (QED) is 0.628. The molecule has 0 aromatic carbocycles. The Morgan fingerprint density at radius 1 is 1.08 bits per heavy atom. The molecule has 1 amide bonds. The van der Waals surface area contributed by atoms with Crippen molar-refractivity contribution in [2.75, 3.05) is 31.1 Å². The van der Waals surface area contributed by atoms with Gasteiger partial charge in [0.2, 0.25) is 5.91 Å². The van der Waals surface area contributed by atoms with Gasteiger partial charge in [-0.3, -0.25) is 9.69 Å². The van der Waals surface area contributed by atoms with Gasteiger partial charge in [0.15, 0.2) is 5.82 Å². The fourth-order valence-corrected chi connectivity index (χ4v) is 7.63. The van der Waals surface area contributed by atoms with Crippen molar-refractivity contribution in [1.29, 1.82) is 0 Å². The molecule has 1 saturated heterocycles. The second-order valence-corrected chi connectivity index (χ2v) is 11.9. The molecule has 2 atom stereocenters. The number of alkyl halides is 3. The summed E-state index contributed by atoms with van der Waals surface area (Å²) in [6.07, 6.45) is 1.86. The van der Waals surface area contributed by atoms with Crippen LogP contribution in [0.25, 0.3) is 0 Å². The smallest absolute Gasteiger partial charge is 0.354 e. The number of tetrazole rings is 1. The lowest BCUT2D eigenvalue weighted by atomic mass is 9.47. The first-order valence-corrected chi connectivity index (χ1v) is 13.1. The van der Waals surface area contributed by atoms with E-state index in [1.807, 2.05) is 18.7 Å². The third-order valence-corrected chi connectivity index (χ3v) is 9.42. The number of piperazine rings is 1. The third kappa shape index (κ3) is 4.26. The molecular formula is C25H33F3N8O. The molecule has 5 aliphatic rings. The maximum Gasteiger partial charge on any atom is 0.417 e. The predicted molar refractivity (Wildman–Crippen MR) is 128 cm³/mol. The monoisotopic (exact) mass is 518 g/mol. The number of carbonyl (C=O) groups is 1. The van der Waals surface area contributed by atoms with Crippen molar-refractivity contribution < 1.29 is 18.0 Å². The Hall–Kier alpha value is -2.76. The standard InChI is InChI=1S/C25H33F3N8O/c1-23(2,36-7-5-35(6-8-36)19-4-3-18(14-29-19)25(26,27)28)22(37)30-20-16-9-15-10-17(20)13-24(11-15,12-16)21-31-33-34-32-21/h3-4,14-17,20H,5-13H2,1-2H3,(H,30,37)(H,31,32,33,34). The molecule has 2 aromatic rings. The van der Waals surface area contributed by atoms with Crippen molar-refractivity contribution in [3.8, 4) is 0 Å². The van der Waals surface area contributed by atoms with E-state index in [1.165, 1.54) is 6.07 Å². The lowest BCUT2D eigenvalue weighted by Crippen LogP contribution is -2.66. The lowest BCUT2D eigenvalue weighted by molar-refractivity contribution is -0.138. The maximum absolute atomic E-state index is 13.6. The highest BCUT2D eigenvalue weighted by molar-refractivity contribution is 5.85. The van der Waals surface area contributed by atoms with E-state index >= 15 is 0 Å². The minimum atomic E-state index is -4.40. The molecule has 2 unspecified atom stereocenters. The van der Waals surface area contributed by atoms with Crippen LogP contribution in [0.4, 0.5) is 19.0 Å². The van der Waals surface area contributed by atoms with Crippen LogP contribution in [-0.2, 0) is 16.4 Å². The average Bonchev–Trinajstić information content (AvgIpc) is 3.41. The summed E-state index contributed by atoms with van der Waals surface area (Å²) >= 11 is 0. The van der Waals surface area contributed by atoms with Gasteiger partial charge in [0.1, 0.15) is 5.82 Å². The van der Waals surface area contributed by atoms with Crippen LogP contribution < -0.4 is 10.2 Å². The number of pyridine rings is 1. The predicted octanol–water partition coefficient (Wildman–Crippen LogP) is 2.78. The van der Waals surface area contributed by atoms with E-state index in [-0.39, 0.29) is 17.4 Å². The van der Waals surface area contributed by atoms with Crippen molar-refractivity contribution >= 4 is 11.7 Å². The van der Waals surface area contributed by atoms with Crippen LogP contribution in [0.1, 0.15) is 57.3 Å². The van der Waals surface area contributed by atoms with Crippen LogP contribution in [0.15, 0.2) is 18.3 Å². The zero-order valence-corrected chi connectivity index (χ0v) is 21.1. The largest absolute Gasteiger partial charge is 0.417 e. The van der Waals surface area contributed by atoms with E-state index in [1.54, 1.807) is 0 Å². The third-order valence-electron chi connectivity index (χ3n) is 9.42. The number of H-pyrrole nitrogens is 1. The normalized spacial score (nSPS) is 32.1. The molecule has 2 N–H and O–H groups in total. The summed E-state index contributed by atoms with van der Waals surface area (Å²) in [5.74, 6) is 2.90. The van der Waals surface area contributed by atoms with E-state index in [0.717, 1.165) is 50.2 Å². The van der Waals surface area contributed by atoms with Crippen LogP contribution in [-0.4, -0.2) is 74.2 Å². The van der Waals surface area contributed by atoms with E-state index in [9.17, 15) is 18.0 Å². The topological polar surface area (TPSA) is 103 Å². The number of hydrogen-bond acceptors (Lipinski definition) is 7. The van der Waals surface area contributed by atoms with Gasteiger partial charge in [0.25, 0.3) is 0 Å². The number of aromatic nitrogens is 5. The van der Waals surface area contributed by atoms with Crippen molar-refractivity contribution in [3.63, 3.8) is 0 Å². The van der Waals surface area contributed by atoms with Crippen molar-refractivity contribution in [2.24, 2.45) is 17.8 Å². The van der Waals surface area contributed by atoms with E-state index < -0.39 is 17.3 Å². The van der Waals surface area contributed by atoms with Crippen LogP contribution in [0.2, 0.25) is 0 Å². The Kier molecular flexibility index (Phi) is 5.74. The van der Waals surface area contributed by atoms with Gasteiger partial charge >= 0.3 is 6.18 Å². The molecule has 4 bridgehead atoms. The molecule has 37 heavy (non-hydrogen) atoms. The van der Waals surface area contributed by atoms with Crippen LogP contribution in [0.3, 0.4) is 0 Å². The highest BCUT2D eigenvalue weighted by Crippen LogP contribution is 2.60. The zero-order chi connectivity index (χ0) is 26.0. The number of amides is 1. The SMILES string of the molecule is CC(C)(C(=O)NC1C2CC3CC1CC(c1nn[nH]n1)(C3)C2)N1CCN(c2ccc(C(F)(F)F)cn2)CC1. The number of halogens is 3. The number of nitrogens with zero attached hydrogens (tertiary/aromatic N) is 6. The Morgan fingerprint density at radius 2 is 1.78 bits per heavy atom. The van der Waals surface area contributed by atoms with Crippen LogP contribution in [0, 0.1) is 17.8 Å². The van der Waals surface area contributed by atoms with Crippen molar-refractivity contribution in [1.82, 2.24) is 35.8 Å². The van der Waals surface area contributed by atoms with Gasteiger partial charge in [0, 0.05) is 43.8 Å². The van der Waals surface area contributed by atoms with Gasteiger partial charge in [-0.2, -0.15) is 18.4 Å². The molecule has 1 aliphatic heterocycles. The van der Waals surface area contributed by atoms with Gasteiger partial charge in [-0.05, 0) is 75.8 Å². The lowest BCUT2D eigenvalue weighted by Gasteiger charge is -2.59. The number of hydrogen-bond donors (Lipinski definition) is 2. The van der Waals surface area contributed by atoms with Crippen LogP contribution >= 0.6 is 0 Å². The molecule has 9 nitrogen and oxygen atoms in total. The highest BCUT2D eigenvalue weighted by Gasteiger charge is 2.58. The second-order valence-electron chi connectivity index (χ2n) is 11.9. The molecule has 3 heterocycles. The first-order chi connectivity index (χ1) is 17.5. The fourth-order valence-electron chi connectivity index (χ4n) is 7.63. The molecule has 0 radical (unpaired) electrons. The van der Waals surface area contributed by atoms with Gasteiger partial charge in [-0.1, -0.05) is 5.21 Å². The zero-order valence-electron chi connectivity index (χ0n) is 21.1. The summed E-state index contributed by atoms with van der Waals surface area (Å²) in [4.78, 5) is 21.8. The number of aromatic amines is 1. The number of anilines is 1. The van der Waals surface area contributed by atoms with E-state index in [2.05, 4.69) is 35.8 Å². The first kappa shape index (κ1) is 24.6. The van der Waals surface area contributed by atoms with E-state index in [4.69, 9.17) is 0 Å². The second kappa shape index (κ2) is 8.64. The van der Waals surface area contributed by atoms with Gasteiger partial charge < -0.3 is 10.2 Å². The molecule has 2 aromatic heterocycles. The summed E-state index contributed by atoms with van der Waals surface area (Å²) in [7, 11) is 0. The minimum Gasteiger partial charge on any atom is -0.354 e.